The molecule has 106 valence electrons. The van der Waals surface area contributed by atoms with Crippen LogP contribution in [0.4, 0.5) is 13.2 Å². The van der Waals surface area contributed by atoms with Gasteiger partial charge < -0.3 is 4.74 Å². The molecule has 8 heteroatoms. The Labute approximate surface area is 107 Å². The number of nitrogens with zero attached hydrogens (tertiary/aromatic N) is 3. The lowest BCUT2D eigenvalue weighted by Gasteiger charge is -2.21. The van der Waals surface area contributed by atoms with Crippen molar-refractivity contribution in [3.8, 4) is 0 Å². The largest absolute Gasteiger partial charge is 0.460 e. The SMILES string of the molecule is CCOC(=O)c1nc2n(n1)[C@H](C(F)(F)CC)C[C@@H]2F. The first-order chi connectivity index (χ1) is 8.90. The van der Waals surface area contributed by atoms with E-state index in [2.05, 4.69) is 14.8 Å². The lowest BCUT2D eigenvalue weighted by molar-refractivity contribution is -0.0585. The predicted molar refractivity (Wildman–Crippen MR) is 58.7 cm³/mol. The van der Waals surface area contributed by atoms with Crippen molar-refractivity contribution >= 4 is 5.97 Å². The zero-order valence-electron chi connectivity index (χ0n) is 10.6. The summed E-state index contributed by atoms with van der Waals surface area (Å²) in [6.45, 7) is 3.01. The van der Waals surface area contributed by atoms with E-state index in [4.69, 9.17) is 0 Å². The molecule has 2 heterocycles. The van der Waals surface area contributed by atoms with E-state index in [0.717, 1.165) is 4.68 Å². The summed E-state index contributed by atoms with van der Waals surface area (Å²) in [6, 6.07) is -1.40. The van der Waals surface area contributed by atoms with E-state index in [1.807, 2.05) is 0 Å². The van der Waals surface area contributed by atoms with Crippen molar-refractivity contribution in [3.05, 3.63) is 11.6 Å². The first kappa shape index (κ1) is 13.8. The molecule has 0 radical (unpaired) electrons. The summed E-state index contributed by atoms with van der Waals surface area (Å²) in [5.41, 5.74) is 0. The molecule has 1 aromatic rings. The number of carbonyl (C=O) groups is 1. The number of carbonyl (C=O) groups excluding carboxylic acids is 1. The normalized spacial score (nSPS) is 22.4. The molecule has 0 N–H and O–H groups in total. The van der Waals surface area contributed by atoms with Crippen molar-refractivity contribution in [1.82, 2.24) is 14.8 Å². The number of ether oxygens (including phenoxy) is 1. The molecule has 0 amide bonds. The first-order valence-electron chi connectivity index (χ1n) is 6.06. The minimum absolute atomic E-state index is 0.107. The molecular weight excluding hydrogens is 263 g/mol. The Balaban J connectivity index is 2.34. The topological polar surface area (TPSA) is 57.0 Å². The number of esters is 1. The third kappa shape index (κ3) is 2.31. The molecule has 0 saturated carbocycles. The molecule has 1 aliphatic rings. The Morgan fingerprint density at radius 2 is 2.21 bits per heavy atom. The lowest BCUT2D eigenvalue weighted by Crippen LogP contribution is -2.29. The highest BCUT2D eigenvalue weighted by atomic mass is 19.3. The minimum Gasteiger partial charge on any atom is -0.460 e. The number of fused-ring (bicyclic) bond motifs is 1. The minimum atomic E-state index is -3.09. The van der Waals surface area contributed by atoms with Crippen LogP contribution < -0.4 is 0 Å². The van der Waals surface area contributed by atoms with Crippen molar-refractivity contribution in [1.29, 1.82) is 0 Å². The molecular formula is C11H14F3N3O2. The van der Waals surface area contributed by atoms with Crippen molar-refractivity contribution in [2.24, 2.45) is 0 Å². The van der Waals surface area contributed by atoms with Crippen LogP contribution >= 0.6 is 0 Å². The van der Waals surface area contributed by atoms with Crippen molar-refractivity contribution < 1.29 is 22.7 Å². The molecule has 0 unspecified atom stereocenters. The molecule has 19 heavy (non-hydrogen) atoms. The van der Waals surface area contributed by atoms with Gasteiger partial charge in [-0.25, -0.2) is 27.6 Å². The fourth-order valence-electron chi connectivity index (χ4n) is 2.05. The highest BCUT2D eigenvalue weighted by Gasteiger charge is 2.48. The molecule has 0 saturated heterocycles. The second kappa shape index (κ2) is 4.82. The van der Waals surface area contributed by atoms with E-state index in [1.54, 1.807) is 6.92 Å². The number of halogens is 3. The second-order valence-electron chi connectivity index (χ2n) is 4.29. The van der Waals surface area contributed by atoms with Crippen LogP contribution in [0.25, 0.3) is 0 Å². The quantitative estimate of drug-likeness (QED) is 0.793. The summed E-state index contributed by atoms with van der Waals surface area (Å²) in [5.74, 6) is -4.54. The molecule has 1 aromatic heterocycles. The third-order valence-corrected chi connectivity index (χ3v) is 3.08. The number of rotatable bonds is 4. The summed E-state index contributed by atoms with van der Waals surface area (Å²) in [7, 11) is 0. The fraction of sp³-hybridized carbons (Fsp3) is 0.727. The van der Waals surface area contributed by atoms with Crippen LogP contribution in [0.5, 0.6) is 0 Å². The molecule has 0 bridgehead atoms. The van der Waals surface area contributed by atoms with Crippen LogP contribution in [-0.4, -0.2) is 33.3 Å². The highest BCUT2D eigenvalue weighted by molar-refractivity contribution is 5.85. The fourth-order valence-corrected chi connectivity index (χ4v) is 2.05. The van der Waals surface area contributed by atoms with Gasteiger partial charge in [-0.15, -0.1) is 5.10 Å². The Kier molecular flexibility index (Phi) is 3.51. The van der Waals surface area contributed by atoms with Crippen LogP contribution in [0, 0.1) is 0 Å². The Morgan fingerprint density at radius 3 is 2.79 bits per heavy atom. The highest BCUT2D eigenvalue weighted by Crippen LogP contribution is 2.45. The van der Waals surface area contributed by atoms with Crippen LogP contribution in [-0.2, 0) is 4.74 Å². The van der Waals surface area contributed by atoms with Crippen molar-refractivity contribution in [2.45, 2.75) is 44.8 Å². The van der Waals surface area contributed by atoms with Gasteiger partial charge in [0.2, 0.25) is 0 Å². The van der Waals surface area contributed by atoms with E-state index in [9.17, 15) is 18.0 Å². The second-order valence-corrected chi connectivity index (χ2v) is 4.29. The van der Waals surface area contributed by atoms with Gasteiger partial charge >= 0.3 is 5.97 Å². The van der Waals surface area contributed by atoms with Gasteiger partial charge in [-0.2, -0.15) is 0 Å². The van der Waals surface area contributed by atoms with E-state index in [-0.39, 0.29) is 24.7 Å². The van der Waals surface area contributed by atoms with Gasteiger partial charge in [0.05, 0.1) is 6.61 Å². The molecule has 0 aliphatic carbocycles. The lowest BCUT2D eigenvalue weighted by atomic mass is 10.1. The van der Waals surface area contributed by atoms with Gasteiger partial charge in [0.1, 0.15) is 6.04 Å². The maximum atomic E-state index is 13.7. The van der Waals surface area contributed by atoms with Gasteiger partial charge in [0, 0.05) is 12.8 Å². The maximum Gasteiger partial charge on any atom is 0.378 e. The predicted octanol–water partition coefficient (Wildman–Crippen LogP) is 2.46. The van der Waals surface area contributed by atoms with Gasteiger partial charge in [-0.1, -0.05) is 6.92 Å². The van der Waals surface area contributed by atoms with Crippen LogP contribution in [0.15, 0.2) is 0 Å². The summed E-state index contributed by atoms with van der Waals surface area (Å²) in [5, 5.41) is 3.67. The summed E-state index contributed by atoms with van der Waals surface area (Å²) in [6.07, 6.45) is -2.45. The zero-order valence-corrected chi connectivity index (χ0v) is 10.6. The molecule has 2 atom stereocenters. The maximum absolute atomic E-state index is 13.7. The van der Waals surface area contributed by atoms with E-state index in [0.29, 0.717) is 0 Å². The molecule has 2 rings (SSSR count). The summed E-state index contributed by atoms with van der Waals surface area (Å²) < 4.78 is 46.6. The molecule has 0 fully saturated rings. The van der Waals surface area contributed by atoms with E-state index < -0.39 is 30.5 Å². The number of hydrogen-bond acceptors (Lipinski definition) is 4. The van der Waals surface area contributed by atoms with E-state index >= 15 is 0 Å². The van der Waals surface area contributed by atoms with Gasteiger partial charge in [-0.3, -0.25) is 0 Å². The molecule has 1 aliphatic heterocycles. The number of alkyl halides is 3. The van der Waals surface area contributed by atoms with Gasteiger partial charge in [0.25, 0.3) is 11.7 Å². The third-order valence-electron chi connectivity index (χ3n) is 3.08. The van der Waals surface area contributed by atoms with Crippen LogP contribution in [0.2, 0.25) is 0 Å². The van der Waals surface area contributed by atoms with Crippen LogP contribution in [0.3, 0.4) is 0 Å². The smallest absolute Gasteiger partial charge is 0.378 e. The molecule has 0 spiro atoms. The Morgan fingerprint density at radius 1 is 1.53 bits per heavy atom. The standard InChI is InChI=1S/C11H14F3N3O2/c1-3-11(13,14)7-5-6(12)9-15-8(16-17(7)9)10(18)19-4-2/h6-7H,3-5H2,1-2H3/t6-,7-/m0/s1. The molecule has 0 aromatic carbocycles. The Hall–Kier alpha value is -1.60. The Bertz CT molecular complexity index is 490. The summed E-state index contributed by atoms with van der Waals surface area (Å²) >= 11 is 0. The number of aromatic nitrogens is 3. The monoisotopic (exact) mass is 277 g/mol. The van der Waals surface area contributed by atoms with Crippen molar-refractivity contribution in [2.75, 3.05) is 6.61 Å². The van der Waals surface area contributed by atoms with Crippen molar-refractivity contribution in [3.63, 3.8) is 0 Å². The van der Waals surface area contributed by atoms with E-state index in [1.165, 1.54) is 6.92 Å². The average molecular weight is 277 g/mol. The average Bonchev–Trinajstić information content (AvgIpc) is 2.91. The number of hydrogen-bond donors (Lipinski definition) is 0. The summed E-state index contributed by atoms with van der Waals surface area (Å²) in [4.78, 5) is 15.1. The van der Waals surface area contributed by atoms with Gasteiger partial charge in [-0.05, 0) is 6.92 Å². The van der Waals surface area contributed by atoms with Crippen LogP contribution in [0.1, 0.15) is 55.3 Å². The van der Waals surface area contributed by atoms with Gasteiger partial charge in [0.15, 0.2) is 12.0 Å². The first-order valence-corrected chi connectivity index (χ1v) is 6.06. The zero-order chi connectivity index (χ0) is 14.2. The molecule has 5 nitrogen and oxygen atoms in total.